The lowest BCUT2D eigenvalue weighted by Gasteiger charge is -2.43. The summed E-state index contributed by atoms with van der Waals surface area (Å²) in [7, 11) is -1.73. The van der Waals surface area contributed by atoms with Gasteiger partial charge in [0.2, 0.25) is 0 Å². The maximum absolute atomic E-state index is 12.3. The Morgan fingerprint density at radius 3 is 2.68 bits per heavy atom. The van der Waals surface area contributed by atoms with E-state index in [1.54, 1.807) is 0 Å². The van der Waals surface area contributed by atoms with Crippen LogP contribution >= 0.6 is 0 Å². The number of rotatable bonds is 5. The van der Waals surface area contributed by atoms with Crippen LogP contribution in [0.5, 0.6) is 0 Å². The topological polar surface area (TPSA) is 35.5 Å². The fourth-order valence-corrected chi connectivity index (χ4v) is 4.47. The summed E-state index contributed by atoms with van der Waals surface area (Å²) in [4.78, 5) is 12.3. The van der Waals surface area contributed by atoms with Gasteiger partial charge in [0.1, 0.15) is 5.78 Å². The first kappa shape index (κ1) is 17.9. The molecule has 0 radical (unpaired) electrons. The quantitative estimate of drug-likeness (QED) is 0.552. The smallest absolute Gasteiger partial charge is 0.192 e. The molecule has 4 heteroatoms. The van der Waals surface area contributed by atoms with Crippen LogP contribution in [0.4, 0.5) is 0 Å². The van der Waals surface area contributed by atoms with Crippen LogP contribution in [-0.4, -0.2) is 32.9 Å². The predicted octanol–water partition coefficient (Wildman–Crippen LogP) is 4.48. The molecule has 0 spiro atoms. The van der Waals surface area contributed by atoms with Gasteiger partial charge < -0.3 is 9.16 Å². The van der Waals surface area contributed by atoms with Gasteiger partial charge in [-0.3, -0.25) is 4.79 Å². The number of fused-ring (bicyclic) bond motifs is 1. The van der Waals surface area contributed by atoms with Gasteiger partial charge in [0.05, 0.1) is 24.2 Å². The van der Waals surface area contributed by atoms with Crippen LogP contribution in [0.15, 0.2) is 12.7 Å². The molecule has 0 aromatic rings. The minimum atomic E-state index is -1.73. The number of hydrogen-bond donors (Lipinski definition) is 0. The summed E-state index contributed by atoms with van der Waals surface area (Å²) < 4.78 is 12.6. The van der Waals surface area contributed by atoms with Crippen molar-refractivity contribution in [2.24, 2.45) is 5.41 Å². The zero-order valence-corrected chi connectivity index (χ0v) is 15.9. The second-order valence-electron chi connectivity index (χ2n) is 8.47. The average Bonchev–Trinajstić information content (AvgIpc) is 2.73. The van der Waals surface area contributed by atoms with Crippen molar-refractivity contribution in [1.82, 2.24) is 0 Å². The maximum atomic E-state index is 12.3. The van der Waals surface area contributed by atoms with Crippen LogP contribution in [0.1, 0.15) is 52.9 Å². The molecule has 0 unspecified atom stereocenters. The second kappa shape index (κ2) is 6.21. The Labute approximate surface area is 136 Å². The summed E-state index contributed by atoms with van der Waals surface area (Å²) in [5, 5.41) is 0.220. The Balaban J connectivity index is 1.96. The highest BCUT2D eigenvalue weighted by molar-refractivity contribution is 6.74. The van der Waals surface area contributed by atoms with Crippen LogP contribution in [-0.2, 0) is 14.0 Å². The Kier molecular flexibility index (Phi) is 5.05. The maximum Gasteiger partial charge on any atom is 0.192 e. The summed E-state index contributed by atoms with van der Waals surface area (Å²) in [6.07, 6.45) is 6.22. The predicted molar refractivity (Wildman–Crippen MR) is 92.5 cm³/mol. The molecule has 0 aromatic carbocycles. The van der Waals surface area contributed by atoms with Gasteiger partial charge in [-0.05, 0) is 43.8 Å². The Bertz CT molecular complexity index is 438. The van der Waals surface area contributed by atoms with Gasteiger partial charge in [0.25, 0.3) is 0 Å². The standard InChI is InChI=1S/C18H32O3Si/c1-7-11-18-12-10-14(21-16(18)9-8-15(18)19)13-20-22(5,6)17(2,3)4/h7,14,16H,1,8-13H2,2-6H3/t14-,16-,18+/m0/s1. The average molecular weight is 325 g/mol. The van der Waals surface area contributed by atoms with E-state index in [4.69, 9.17) is 9.16 Å². The summed E-state index contributed by atoms with van der Waals surface area (Å²) in [5.41, 5.74) is -0.283. The Hall–Kier alpha value is -0.453. The normalized spacial score (nSPS) is 32.9. The molecule has 1 saturated carbocycles. The molecule has 1 aliphatic carbocycles. The first-order valence-electron chi connectivity index (χ1n) is 8.56. The third kappa shape index (κ3) is 3.24. The molecule has 1 heterocycles. The van der Waals surface area contributed by atoms with E-state index in [-0.39, 0.29) is 22.7 Å². The van der Waals surface area contributed by atoms with E-state index in [0.717, 1.165) is 25.7 Å². The molecule has 1 aliphatic heterocycles. The van der Waals surface area contributed by atoms with Gasteiger partial charge >= 0.3 is 0 Å². The highest BCUT2D eigenvalue weighted by Crippen LogP contribution is 2.48. The van der Waals surface area contributed by atoms with Gasteiger partial charge in [-0.25, -0.2) is 0 Å². The number of carbonyl (C=O) groups is 1. The Morgan fingerprint density at radius 1 is 1.41 bits per heavy atom. The number of hydrogen-bond acceptors (Lipinski definition) is 3. The van der Waals surface area contributed by atoms with Gasteiger partial charge in [0.15, 0.2) is 8.32 Å². The highest BCUT2D eigenvalue weighted by Gasteiger charge is 2.52. The Morgan fingerprint density at radius 2 is 2.09 bits per heavy atom. The van der Waals surface area contributed by atoms with Crippen molar-refractivity contribution in [3.63, 3.8) is 0 Å². The van der Waals surface area contributed by atoms with Crippen molar-refractivity contribution in [1.29, 1.82) is 0 Å². The van der Waals surface area contributed by atoms with Gasteiger partial charge in [-0.2, -0.15) is 0 Å². The van der Waals surface area contributed by atoms with Crippen molar-refractivity contribution < 1.29 is 14.0 Å². The number of carbonyl (C=O) groups excluding carboxylic acids is 1. The van der Waals surface area contributed by atoms with E-state index in [0.29, 0.717) is 18.8 Å². The zero-order valence-electron chi connectivity index (χ0n) is 14.9. The van der Waals surface area contributed by atoms with Crippen LogP contribution in [0.3, 0.4) is 0 Å². The van der Waals surface area contributed by atoms with E-state index >= 15 is 0 Å². The van der Waals surface area contributed by atoms with E-state index in [1.165, 1.54) is 0 Å². The monoisotopic (exact) mass is 324 g/mol. The minimum Gasteiger partial charge on any atom is -0.414 e. The fraction of sp³-hybridized carbons (Fsp3) is 0.833. The largest absolute Gasteiger partial charge is 0.414 e. The molecule has 126 valence electrons. The first-order valence-corrected chi connectivity index (χ1v) is 11.5. The highest BCUT2D eigenvalue weighted by atomic mass is 28.4. The molecule has 2 rings (SSSR count). The molecule has 2 aliphatic rings. The molecule has 3 nitrogen and oxygen atoms in total. The molecule has 3 atom stereocenters. The summed E-state index contributed by atoms with van der Waals surface area (Å²) in [6.45, 7) is 15.8. The van der Waals surface area contributed by atoms with Crippen LogP contribution in [0.25, 0.3) is 0 Å². The molecule has 2 fully saturated rings. The molecule has 1 saturated heterocycles. The minimum absolute atomic E-state index is 0.0692. The van der Waals surface area contributed by atoms with Crippen LogP contribution in [0, 0.1) is 5.41 Å². The lowest BCUT2D eigenvalue weighted by atomic mass is 9.73. The van der Waals surface area contributed by atoms with E-state index in [2.05, 4.69) is 40.4 Å². The molecule has 22 heavy (non-hydrogen) atoms. The lowest BCUT2D eigenvalue weighted by molar-refractivity contribution is -0.150. The lowest BCUT2D eigenvalue weighted by Crippen LogP contribution is -2.48. The molecular formula is C18H32O3Si. The number of ketones is 1. The molecular weight excluding hydrogens is 292 g/mol. The molecule has 0 aromatic heterocycles. The zero-order chi connectivity index (χ0) is 16.6. The van der Waals surface area contributed by atoms with E-state index in [1.807, 2.05) is 6.08 Å². The first-order chi connectivity index (χ1) is 10.1. The fourth-order valence-electron chi connectivity index (χ4n) is 3.43. The van der Waals surface area contributed by atoms with Crippen molar-refractivity contribution >= 4 is 14.1 Å². The third-order valence-corrected chi connectivity index (χ3v) is 10.5. The van der Waals surface area contributed by atoms with Crippen LogP contribution < -0.4 is 0 Å². The van der Waals surface area contributed by atoms with Crippen LogP contribution in [0.2, 0.25) is 18.1 Å². The van der Waals surface area contributed by atoms with Gasteiger partial charge in [-0.1, -0.05) is 26.8 Å². The van der Waals surface area contributed by atoms with Crippen molar-refractivity contribution in [3.05, 3.63) is 12.7 Å². The van der Waals surface area contributed by atoms with Gasteiger partial charge in [-0.15, -0.1) is 6.58 Å². The van der Waals surface area contributed by atoms with E-state index in [9.17, 15) is 4.79 Å². The summed E-state index contributed by atoms with van der Waals surface area (Å²) >= 11 is 0. The second-order valence-corrected chi connectivity index (χ2v) is 13.3. The molecule has 0 amide bonds. The number of Topliss-reactive ketones (excluding diaryl/α,β-unsaturated/α-hetero) is 1. The van der Waals surface area contributed by atoms with Gasteiger partial charge in [0, 0.05) is 6.42 Å². The third-order valence-electron chi connectivity index (χ3n) is 6.02. The summed E-state index contributed by atoms with van der Waals surface area (Å²) in [5.74, 6) is 0.376. The van der Waals surface area contributed by atoms with E-state index < -0.39 is 8.32 Å². The number of ether oxygens (including phenoxy) is 1. The molecule has 0 bridgehead atoms. The summed E-state index contributed by atoms with van der Waals surface area (Å²) in [6, 6.07) is 0. The van der Waals surface area contributed by atoms with Crippen molar-refractivity contribution in [2.45, 2.75) is 83.2 Å². The molecule has 0 N–H and O–H groups in total. The SMILES string of the molecule is C=CC[C@]12CC[C@@H](CO[Si](C)(C)C(C)(C)C)O[C@H]1CCC2=O. The van der Waals surface area contributed by atoms with Crippen molar-refractivity contribution in [3.8, 4) is 0 Å². The van der Waals surface area contributed by atoms with Crippen molar-refractivity contribution in [2.75, 3.05) is 6.61 Å². The number of allylic oxidation sites excluding steroid dienone is 1.